The van der Waals surface area contributed by atoms with Gasteiger partial charge in [0, 0.05) is 9.57 Å². The Labute approximate surface area is 108 Å². The Morgan fingerprint density at radius 1 is 1.50 bits per heavy atom. The molecule has 92 valence electrons. The molecule has 0 radical (unpaired) electrons. The molecule has 0 spiro atoms. The number of hydrogen-bond acceptors (Lipinski definition) is 5. The summed E-state index contributed by atoms with van der Waals surface area (Å²) in [6.07, 6.45) is 1.18. The minimum absolute atomic E-state index is 0.0974. The van der Waals surface area contributed by atoms with Crippen LogP contribution in [0.2, 0.25) is 0 Å². The van der Waals surface area contributed by atoms with Crippen LogP contribution in [0.3, 0.4) is 0 Å². The zero-order valence-electron chi connectivity index (χ0n) is 8.65. The van der Waals surface area contributed by atoms with Crippen LogP contribution in [0.1, 0.15) is 10.4 Å². The number of nitrogens with zero attached hydrogens (tertiary/aromatic N) is 4. The molecule has 0 saturated heterocycles. The molecular formula is C9H5BrN4O4. The van der Waals surface area contributed by atoms with Crippen LogP contribution in [0.4, 0.5) is 5.95 Å². The van der Waals surface area contributed by atoms with Gasteiger partial charge in [-0.2, -0.15) is 0 Å². The van der Waals surface area contributed by atoms with Gasteiger partial charge in [0.05, 0.1) is 11.3 Å². The van der Waals surface area contributed by atoms with E-state index in [-0.39, 0.29) is 5.56 Å². The van der Waals surface area contributed by atoms with E-state index in [0.717, 1.165) is 0 Å². The first-order chi connectivity index (χ1) is 8.49. The number of benzene rings is 1. The van der Waals surface area contributed by atoms with Gasteiger partial charge in [-0.05, 0) is 39.1 Å². The molecule has 2 aromatic rings. The topological polar surface area (TPSA) is 111 Å². The van der Waals surface area contributed by atoms with E-state index in [1.165, 1.54) is 29.2 Å². The molecule has 0 aliphatic rings. The zero-order valence-corrected chi connectivity index (χ0v) is 10.2. The first-order valence-electron chi connectivity index (χ1n) is 4.58. The molecule has 1 heterocycles. The maximum Gasteiger partial charge on any atom is 0.491 e. The molecular weight excluding hydrogens is 308 g/mol. The SMILES string of the molecule is O=C(O)c1ccc(-n2cnc([N+](=O)[O-])n2)c(Br)c1. The number of rotatable bonds is 3. The smallest absolute Gasteiger partial charge is 0.478 e. The minimum atomic E-state index is -1.06. The number of carboxylic acid groups (broad SMARTS) is 1. The predicted molar refractivity (Wildman–Crippen MR) is 62.7 cm³/mol. The van der Waals surface area contributed by atoms with E-state index >= 15 is 0 Å². The first-order valence-corrected chi connectivity index (χ1v) is 5.37. The summed E-state index contributed by atoms with van der Waals surface area (Å²) < 4.78 is 1.63. The number of hydrogen-bond donors (Lipinski definition) is 1. The fourth-order valence-corrected chi connectivity index (χ4v) is 1.84. The van der Waals surface area contributed by atoms with E-state index in [4.69, 9.17) is 5.11 Å². The van der Waals surface area contributed by atoms with Crippen LogP contribution in [-0.4, -0.2) is 30.8 Å². The molecule has 2 rings (SSSR count). The molecule has 0 aliphatic heterocycles. The van der Waals surface area contributed by atoms with E-state index in [1.807, 2.05) is 0 Å². The van der Waals surface area contributed by atoms with Gasteiger partial charge in [-0.1, -0.05) is 4.98 Å². The predicted octanol–water partition coefficient (Wildman–Crippen LogP) is 1.64. The van der Waals surface area contributed by atoms with Crippen molar-refractivity contribution >= 4 is 27.8 Å². The van der Waals surface area contributed by atoms with Crippen molar-refractivity contribution in [2.24, 2.45) is 0 Å². The molecule has 9 heteroatoms. The summed E-state index contributed by atoms with van der Waals surface area (Å²) in [6, 6.07) is 4.23. The van der Waals surface area contributed by atoms with Gasteiger partial charge in [0.2, 0.25) is 6.33 Å². The average molecular weight is 313 g/mol. The van der Waals surface area contributed by atoms with E-state index < -0.39 is 16.8 Å². The normalized spacial score (nSPS) is 10.3. The summed E-state index contributed by atoms with van der Waals surface area (Å²) in [4.78, 5) is 24.0. The zero-order chi connectivity index (χ0) is 13.3. The average Bonchev–Trinajstić information content (AvgIpc) is 2.78. The Bertz CT molecular complexity index is 639. The molecule has 0 aliphatic carbocycles. The van der Waals surface area contributed by atoms with Crippen LogP contribution in [0.5, 0.6) is 0 Å². The number of carboxylic acids is 1. The van der Waals surface area contributed by atoms with Crippen molar-refractivity contribution in [1.29, 1.82) is 0 Å². The van der Waals surface area contributed by atoms with Crippen LogP contribution in [-0.2, 0) is 0 Å². The highest BCUT2D eigenvalue weighted by Crippen LogP contribution is 2.22. The first kappa shape index (κ1) is 12.2. The van der Waals surface area contributed by atoms with Crippen LogP contribution in [0.25, 0.3) is 5.69 Å². The van der Waals surface area contributed by atoms with E-state index in [2.05, 4.69) is 26.0 Å². The molecule has 1 aromatic heterocycles. The standard InChI is InChI=1S/C9H5BrN4O4/c10-6-3-5(8(15)16)1-2-7(6)13-4-11-9(12-13)14(17)18/h1-4H,(H,15,16). The van der Waals surface area contributed by atoms with Gasteiger partial charge in [-0.25, -0.2) is 4.79 Å². The van der Waals surface area contributed by atoms with Gasteiger partial charge in [-0.15, -0.1) is 4.68 Å². The number of carbonyl (C=O) groups is 1. The van der Waals surface area contributed by atoms with Crippen molar-refractivity contribution in [3.05, 3.63) is 44.7 Å². The summed E-state index contributed by atoms with van der Waals surface area (Å²) in [6.45, 7) is 0. The second-order valence-electron chi connectivity index (χ2n) is 3.22. The van der Waals surface area contributed by atoms with Crippen molar-refractivity contribution in [1.82, 2.24) is 14.8 Å². The Morgan fingerprint density at radius 3 is 2.72 bits per heavy atom. The number of aromatic nitrogens is 3. The summed E-state index contributed by atoms with van der Waals surface area (Å²) in [5, 5.41) is 22.9. The molecule has 1 aromatic carbocycles. The minimum Gasteiger partial charge on any atom is -0.478 e. The van der Waals surface area contributed by atoms with Gasteiger partial charge in [0.15, 0.2) is 0 Å². The van der Waals surface area contributed by atoms with E-state index in [9.17, 15) is 14.9 Å². The van der Waals surface area contributed by atoms with Gasteiger partial charge in [0.1, 0.15) is 0 Å². The quantitative estimate of drug-likeness (QED) is 0.681. The lowest BCUT2D eigenvalue weighted by Crippen LogP contribution is -2.01. The number of halogens is 1. The Morgan fingerprint density at radius 2 is 2.22 bits per heavy atom. The van der Waals surface area contributed by atoms with Crippen molar-refractivity contribution in [3.63, 3.8) is 0 Å². The Kier molecular flexibility index (Phi) is 3.06. The molecule has 0 amide bonds. The third-order valence-electron chi connectivity index (χ3n) is 2.08. The Hall–Kier alpha value is -2.29. The fourth-order valence-electron chi connectivity index (χ4n) is 1.28. The van der Waals surface area contributed by atoms with Crippen molar-refractivity contribution in [2.45, 2.75) is 0 Å². The van der Waals surface area contributed by atoms with Crippen LogP contribution >= 0.6 is 15.9 Å². The summed E-state index contributed by atoms with van der Waals surface area (Å²) in [5.41, 5.74) is 0.556. The number of nitro groups is 1. The molecule has 0 fully saturated rings. The van der Waals surface area contributed by atoms with Gasteiger partial charge in [0.25, 0.3) is 0 Å². The second kappa shape index (κ2) is 4.53. The van der Waals surface area contributed by atoms with Crippen molar-refractivity contribution < 1.29 is 14.8 Å². The molecule has 0 bridgehead atoms. The van der Waals surface area contributed by atoms with Crippen LogP contribution < -0.4 is 0 Å². The van der Waals surface area contributed by atoms with Crippen LogP contribution in [0, 0.1) is 10.1 Å². The highest BCUT2D eigenvalue weighted by Gasteiger charge is 2.16. The summed E-state index contributed by atoms with van der Waals surface area (Å²) in [7, 11) is 0. The molecule has 0 saturated carbocycles. The second-order valence-corrected chi connectivity index (χ2v) is 4.07. The van der Waals surface area contributed by atoms with Gasteiger partial charge >= 0.3 is 11.9 Å². The third-order valence-corrected chi connectivity index (χ3v) is 2.72. The molecule has 0 unspecified atom stereocenters. The molecule has 18 heavy (non-hydrogen) atoms. The van der Waals surface area contributed by atoms with Gasteiger partial charge < -0.3 is 15.2 Å². The van der Waals surface area contributed by atoms with Crippen molar-refractivity contribution in [2.75, 3.05) is 0 Å². The van der Waals surface area contributed by atoms with E-state index in [1.54, 1.807) is 0 Å². The van der Waals surface area contributed by atoms with E-state index in [0.29, 0.717) is 10.2 Å². The lowest BCUT2D eigenvalue weighted by molar-refractivity contribution is -0.394. The highest BCUT2D eigenvalue weighted by molar-refractivity contribution is 9.10. The lowest BCUT2D eigenvalue weighted by Gasteiger charge is -2.01. The largest absolute Gasteiger partial charge is 0.491 e. The molecule has 0 atom stereocenters. The third kappa shape index (κ3) is 2.20. The molecule has 8 nitrogen and oxygen atoms in total. The highest BCUT2D eigenvalue weighted by atomic mass is 79.9. The van der Waals surface area contributed by atoms with Crippen LogP contribution in [0.15, 0.2) is 29.0 Å². The molecule has 1 N–H and O–H groups in total. The van der Waals surface area contributed by atoms with Gasteiger partial charge in [-0.3, -0.25) is 0 Å². The Balaban J connectivity index is 2.44. The summed E-state index contributed by atoms with van der Waals surface area (Å²) >= 11 is 3.18. The monoisotopic (exact) mass is 312 g/mol. The maximum absolute atomic E-state index is 10.7. The lowest BCUT2D eigenvalue weighted by atomic mass is 10.2. The van der Waals surface area contributed by atoms with Crippen molar-refractivity contribution in [3.8, 4) is 5.69 Å². The summed E-state index contributed by atoms with van der Waals surface area (Å²) in [5.74, 6) is -1.59. The fraction of sp³-hybridized carbons (Fsp3) is 0. The maximum atomic E-state index is 10.7. The number of aromatic carboxylic acids is 1.